The van der Waals surface area contributed by atoms with Gasteiger partial charge in [-0.05, 0) is 18.4 Å². The van der Waals surface area contributed by atoms with Crippen LogP contribution < -0.4 is 0 Å². The first-order valence-corrected chi connectivity index (χ1v) is 4.92. The molecule has 2 N–H and O–H groups in total. The lowest BCUT2D eigenvalue weighted by atomic mass is 9.84. The van der Waals surface area contributed by atoms with E-state index in [9.17, 15) is 10.2 Å². The van der Waals surface area contributed by atoms with E-state index in [2.05, 4.69) is 0 Å². The van der Waals surface area contributed by atoms with E-state index in [1.54, 1.807) is 6.92 Å². The minimum atomic E-state index is -1.17. The summed E-state index contributed by atoms with van der Waals surface area (Å²) in [6.45, 7) is 5.43. The minimum Gasteiger partial charge on any atom is -0.390 e. The van der Waals surface area contributed by atoms with Gasteiger partial charge in [0, 0.05) is 0 Å². The highest BCUT2D eigenvalue weighted by atomic mass is 16.3. The Morgan fingerprint density at radius 3 is 2.07 bits per heavy atom. The zero-order valence-electron chi connectivity index (χ0n) is 8.94. The van der Waals surface area contributed by atoms with E-state index < -0.39 is 11.7 Å². The normalized spacial score (nSPS) is 17.9. The van der Waals surface area contributed by atoms with Gasteiger partial charge in [-0.1, -0.05) is 44.2 Å². The first kappa shape index (κ1) is 11.2. The van der Waals surface area contributed by atoms with E-state index >= 15 is 0 Å². The summed E-state index contributed by atoms with van der Waals surface area (Å²) in [4.78, 5) is 0. The van der Waals surface area contributed by atoms with Gasteiger partial charge >= 0.3 is 0 Å². The number of hydrogen-bond acceptors (Lipinski definition) is 2. The molecule has 1 aromatic rings. The van der Waals surface area contributed by atoms with E-state index in [0.717, 1.165) is 5.56 Å². The van der Waals surface area contributed by atoms with Crippen LogP contribution in [0.25, 0.3) is 0 Å². The first-order valence-electron chi connectivity index (χ1n) is 4.92. The van der Waals surface area contributed by atoms with Gasteiger partial charge in [0.25, 0.3) is 0 Å². The van der Waals surface area contributed by atoms with Crippen molar-refractivity contribution in [1.82, 2.24) is 0 Å². The van der Waals surface area contributed by atoms with Crippen LogP contribution in [0.1, 0.15) is 26.3 Å². The second kappa shape index (κ2) is 4.11. The highest BCUT2D eigenvalue weighted by molar-refractivity contribution is 5.22. The predicted octanol–water partition coefficient (Wildman–Crippen LogP) is 1.91. The van der Waals surface area contributed by atoms with Gasteiger partial charge in [0.2, 0.25) is 0 Å². The van der Waals surface area contributed by atoms with Crippen LogP contribution in [0, 0.1) is 5.92 Å². The summed E-state index contributed by atoms with van der Waals surface area (Å²) in [6.07, 6.45) is -0.745. The highest BCUT2D eigenvalue weighted by Crippen LogP contribution is 2.28. The molecule has 0 aliphatic rings. The summed E-state index contributed by atoms with van der Waals surface area (Å²) in [5, 5.41) is 20.0. The maximum atomic E-state index is 10.2. The number of aliphatic hydroxyl groups excluding tert-OH is 1. The fraction of sp³-hybridized carbons (Fsp3) is 0.500. The summed E-state index contributed by atoms with van der Waals surface area (Å²) in [5.41, 5.74) is -0.420. The SMILES string of the molecule is CC(C)[C@H](O)[C@](C)(O)c1ccccc1. The first-order chi connectivity index (χ1) is 6.46. The van der Waals surface area contributed by atoms with Crippen LogP contribution in [0.4, 0.5) is 0 Å². The topological polar surface area (TPSA) is 40.5 Å². The molecule has 1 aromatic carbocycles. The van der Waals surface area contributed by atoms with Crippen LogP contribution in [0.5, 0.6) is 0 Å². The molecule has 0 unspecified atom stereocenters. The van der Waals surface area contributed by atoms with Gasteiger partial charge < -0.3 is 10.2 Å². The van der Waals surface area contributed by atoms with Crippen molar-refractivity contribution in [2.45, 2.75) is 32.5 Å². The van der Waals surface area contributed by atoms with Crippen molar-refractivity contribution in [3.05, 3.63) is 35.9 Å². The fourth-order valence-corrected chi connectivity index (χ4v) is 1.60. The summed E-state index contributed by atoms with van der Waals surface area (Å²) < 4.78 is 0. The molecule has 0 aliphatic heterocycles. The van der Waals surface area contributed by atoms with Crippen LogP contribution in [0.2, 0.25) is 0 Å². The van der Waals surface area contributed by atoms with Crippen LogP contribution in [0.3, 0.4) is 0 Å². The Balaban J connectivity index is 2.96. The number of hydrogen-bond donors (Lipinski definition) is 2. The molecule has 2 heteroatoms. The van der Waals surface area contributed by atoms with Gasteiger partial charge in [-0.2, -0.15) is 0 Å². The van der Waals surface area contributed by atoms with Crippen LogP contribution in [0.15, 0.2) is 30.3 Å². The maximum absolute atomic E-state index is 10.2. The predicted molar refractivity (Wildman–Crippen MR) is 56.9 cm³/mol. The molecule has 1 rings (SSSR count). The average molecular weight is 194 g/mol. The van der Waals surface area contributed by atoms with Crippen molar-refractivity contribution in [2.75, 3.05) is 0 Å². The lowest BCUT2D eigenvalue weighted by molar-refractivity contribution is -0.0875. The van der Waals surface area contributed by atoms with Crippen molar-refractivity contribution < 1.29 is 10.2 Å². The van der Waals surface area contributed by atoms with Crippen LogP contribution >= 0.6 is 0 Å². The third-order valence-corrected chi connectivity index (χ3v) is 2.57. The lowest BCUT2D eigenvalue weighted by Gasteiger charge is -2.32. The van der Waals surface area contributed by atoms with Crippen LogP contribution in [-0.2, 0) is 5.60 Å². The fourth-order valence-electron chi connectivity index (χ4n) is 1.60. The molecule has 0 aliphatic carbocycles. The molecule has 0 spiro atoms. The van der Waals surface area contributed by atoms with Crippen LogP contribution in [-0.4, -0.2) is 16.3 Å². The number of benzene rings is 1. The standard InChI is InChI=1S/C12H18O2/c1-9(2)11(13)12(3,14)10-7-5-4-6-8-10/h4-9,11,13-14H,1-3H3/t11-,12+/m0/s1. The van der Waals surface area contributed by atoms with Crippen molar-refractivity contribution in [2.24, 2.45) is 5.92 Å². The molecular formula is C12H18O2. The quantitative estimate of drug-likeness (QED) is 0.771. The van der Waals surface area contributed by atoms with Gasteiger partial charge in [-0.15, -0.1) is 0 Å². The third kappa shape index (κ3) is 2.14. The van der Waals surface area contributed by atoms with Crippen molar-refractivity contribution >= 4 is 0 Å². The van der Waals surface area contributed by atoms with Gasteiger partial charge in [-0.3, -0.25) is 0 Å². The number of rotatable bonds is 3. The Bertz CT molecular complexity index is 278. The summed E-state index contributed by atoms with van der Waals surface area (Å²) in [5.74, 6) is 0.0326. The Kier molecular flexibility index (Phi) is 3.29. The van der Waals surface area contributed by atoms with Crippen molar-refractivity contribution in [3.63, 3.8) is 0 Å². The summed E-state index contributed by atoms with van der Waals surface area (Å²) in [6, 6.07) is 9.26. The monoisotopic (exact) mass is 194 g/mol. The molecule has 2 nitrogen and oxygen atoms in total. The van der Waals surface area contributed by atoms with E-state index in [1.165, 1.54) is 0 Å². The molecule has 0 amide bonds. The Morgan fingerprint density at radius 1 is 1.14 bits per heavy atom. The van der Waals surface area contributed by atoms with Gasteiger partial charge in [0.1, 0.15) is 5.60 Å². The van der Waals surface area contributed by atoms with Gasteiger partial charge in [0.15, 0.2) is 0 Å². The zero-order valence-corrected chi connectivity index (χ0v) is 8.94. The molecule has 0 bridgehead atoms. The Hall–Kier alpha value is -0.860. The maximum Gasteiger partial charge on any atom is 0.113 e. The molecule has 78 valence electrons. The molecule has 0 saturated carbocycles. The molecule has 0 fully saturated rings. The van der Waals surface area contributed by atoms with E-state index in [1.807, 2.05) is 44.2 Å². The molecule has 14 heavy (non-hydrogen) atoms. The molecule has 0 saturated heterocycles. The zero-order chi connectivity index (χ0) is 10.8. The van der Waals surface area contributed by atoms with Crippen molar-refractivity contribution in [1.29, 1.82) is 0 Å². The summed E-state index contributed by atoms with van der Waals surface area (Å²) in [7, 11) is 0. The molecular weight excluding hydrogens is 176 g/mol. The molecule has 2 atom stereocenters. The second-order valence-electron chi connectivity index (χ2n) is 4.20. The lowest BCUT2D eigenvalue weighted by Crippen LogP contribution is -2.39. The third-order valence-electron chi connectivity index (χ3n) is 2.57. The molecule has 0 aromatic heterocycles. The molecule has 0 heterocycles. The Morgan fingerprint density at radius 2 is 1.64 bits per heavy atom. The largest absolute Gasteiger partial charge is 0.390 e. The van der Waals surface area contributed by atoms with Crippen molar-refractivity contribution in [3.8, 4) is 0 Å². The minimum absolute atomic E-state index is 0.0326. The van der Waals surface area contributed by atoms with E-state index in [4.69, 9.17) is 0 Å². The Labute approximate surface area is 85.2 Å². The van der Waals surface area contributed by atoms with E-state index in [0.29, 0.717) is 0 Å². The second-order valence-corrected chi connectivity index (χ2v) is 4.20. The summed E-state index contributed by atoms with van der Waals surface area (Å²) >= 11 is 0. The van der Waals surface area contributed by atoms with Gasteiger partial charge in [-0.25, -0.2) is 0 Å². The highest BCUT2D eigenvalue weighted by Gasteiger charge is 2.33. The van der Waals surface area contributed by atoms with E-state index in [-0.39, 0.29) is 5.92 Å². The molecule has 0 radical (unpaired) electrons. The smallest absolute Gasteiger partial charge is 0.113 e. The van der Waals surface area contributed by atoms with Gasteiger partial charge in [0.05, 0.1) is 6.10 Å². The average Bonchev–Trinajstić information content (AvgIpc) is 2.18. The number of aliphatic hydroxyl groups is 2.